The van der Waals surface area contributed by atoms with Crippen LogP contribution in [0.1, 0.15) is 0 Å². The van der Waals surface area contributed by atoms with Crippen molar-refractivity contribution in [3.8, 4) is 56.4 Å². The first-order valence-corrected chi connectivity index (χ1v) is 20.8. The van der Waals surface area contributed by atoms with Crippen LogP contribution >= 0.6 is 0 Å². The van der Waals surface area contributed by atoms with Gasteiger partial charge in [0.1, 0.15) is 22.3 Å². The SMILES string of the molecule is c1ccc(-c2nc(-c3ccccc3)nc(-c3ccc4c(c3)oc3c(-c5ccc6oc7ccc(-c8ccc9c%10ccccc%10c%10ccccc%10c9c8)cc7c6c5)cccc34)n2)cc1. The molecular formula is C57H33N3O2. The molecule has 0 aliphatic rings. The van der Waals surface area contributed by atoms with Gasteiger partial charge in [0.15, 0.2) is 17.5 Å². The fourth-order valence-electron chi connectivity index (χ4n) is 9.31. The minimum atomic E-state index is 0.586. The number of furan rings is 2. The Morgan fingerprint density at radius 1 is 0.242 bits per heavy atom. The third kappa shape index (κ3) is 5.45. The molecule has 5 nitrogen and oxygen atoms in total. The van der Waals surface area contributed by atoms with Crippen molar-refractivity contribution in [1.29, 1.82) is 0 Å². The van der Waals surface area contributed by atoms with Crippen molar-refractivity contribution in [3.63, 3.8) is 0 Å². The van der Waals surface area contributed by atoms with Gasteiger partial charge >= 0.3 is 0 Å². The number of hydrogen-bond acceptors (Lipinski definition) is 5. The Bertz CT molecular complexity index is 3830. The summed E-state index contributed by atoms with van der Waals surface area (Å²) in [5.74, 6) is 1.83. The maximum Gasteiger partial charge on any atom is 0.164 e. The van der Waals surface area contributed by atoms with Gasteiger partial charge in [-0.15, -0.1) is 0 Å². The van der Waals surface area contributed by atoms with E-state index in [2.05, 4.69) is 133 Å². The highest BCUT2D eigenvalue weighted by Gasteiger charge is 2.18. The van der Waals surface area contributed by atoms with Crippen LogP contribution in [0, 0.1) is 0 Å². The highest BCUT2D eigenvalue weighted by Crippen LogP contribution is 2.42. The summed E-state index contributed by atoms with van der Waals surface area (Å²) in [5.41, 5.74) is 10.4. The zero-order valence-electron chi connectivity index (χ0n) is 33.2. The van der Waals surface area contributed by atoms with E-state index in [0.717, 1.165) is 77.3 Å². The Kier molecular flexibility index (Phi) is 7.54. The lowest BCUT2D eigenvalue weighted by atomic mass is 9.92. The van der Waals surface area contributed by atoms with Crippen molar-refractivity contribution < 1.29 is 8.83 Å². The number of aromatic nitrogens is 3. The maximum absolute atomic E-state index is 6.79. The first-order valence-electron chi connectivity index (χ1n) is 20.8. The van der Waals surface area contributed by atoms with Crippen LogP contribution in [0.4, 0.5) is 0 Å². The maximum atomic E-state index is 6.79. The van der Waals surface area contributed by atoms with E-state index in [1.54, 1.807) is 0 Å². The van der Waals surface area contributed by atoms with E-state index >= 15 is 0 Å². The lowest BCUT2D eigenvalue weighted by Gasteiger charge is -2.12. The number of fused-ring (bicyclic) bond motifs is 12. The molecule has 0 aliphatic heterocycles. The number of hydrogen-bond donors (Lipinski definition) is 0. The molecule has 3 aromatic heterocycles. The number of benzene rings is 10. The van der Waals surface area contributed by atoms with Crippen molar-refractivity contribution in [3.05, 3.63) is 200 Å². The summed E-state index contributed by atoms with van der Waals surface area (Å²) in [6.07, 6.45) is 0. The molecule has 0 radical (unpaired) electrons. The molecule has 13 aromatic rings. The van der Waals surface area contributed by atoms with Gasteiger partial charge in [0.05, 0.1) is 0 Å². The van der Waals surface area contributed by atoms with E-state index in [0.29, 0.717) is 17.5 Å². The summed E-state index contributed by atoms with van der Waals surface area (Å²) in [7, 11) is 0. The molecule has 0 bridgehead atoms. The zero-order chi connectivity index (χ0) is 40.7. The molecule has 0 N–H and O–H groups in total. The molecular weight excluding hydrogens is 759 g/mol. The third-order valence-electron chi connectivity index (χ3n) is 12.3. The van der Waals surface area contributed by atoms with Gasteiger partial charge in [-0.3, -0.25) is 0 Å². The molecule has 10 aromatic carbocycles. The van der Waals surface area contributed by atoms with Crippen LogP contribution in [0.3, 0.4) is 0 Å². The highest BCUT2D eigenvalue weighted by atomic mass is 16.3. The number of nitrogens with zero attached hydrogens (tertiary/aromatic N) is 3. The minimum Gasteiger partial charge on any atom is -0.456 e. The molecule has 0 atom stereocenters. The van der Waals surface area contributed by atoms with Gasteiger partial charge in [0, 0.05) is 43.8 Å². The standard InChI is InChI=1S/C57H33N3O2/c1-3-12-34(13-4-1)55-58-56(35-14-5-2-6-15-35)60-57(59-55)39-23-27-46-47-21-11-20-40(54(47)62-53(46)33-39)38-25-29-52-50(32-38)49-31-37(24-28-51(49)61-52)36-22-26-45-43-18-8-7-16-41(43)42-17-9-10-19-44(42)48(45)30-36/h1-33H. The summed E-state index contributed by atoms with van der Waals surface area (Å²) in [4.78, 5) is 14.8. The average molecular weight is 792 g/mol. The van der Waals surface area contributed by atoms with Crippen LogP contribution in [0.15, 0.2) is 209 Å². The quantitative estimate of drug-likeness (QED) is 0.162. The van der Waals surface area contributed by atoms with Gasteiger partial charge in [-0.05, 0) is 91.5 Å². The normalized spacial score (nSPS) is 11.9. The predicted molar refractivity (Wildman–Crippen MR) is 254 cm³/mol. The molecule has 62 heavy (non-hydrogen) atoms. The van der Waals surface area contributed by atoms with Crippen molar-refractivity contribution in [2.75, 3.05) is 0 Å². The largest absolute Gasteiger partial charge is 0.456 e. The average Bonchev–Trinajstić information content (AvgIpc) is 3.92. The fraction of sp³-hybridized carbons (Fsp3) is 0. The minimum absolute atomic E-state index is 0.586. The van der Waals surface area contributed by atoms with Gasteiger partial charge in [-0.1, -0.05) is 158 Å². The van der Waals surface area contributed by atoms with Crippen molar-refractivity contribution in [1.82, 2.24) is 15.0 Å². The van der Waals surface area contributed by atoms with E-state index in [4.69, 9.17) is 23.8 Å². The second-order valence-electron chi connectivity index (χ2n) is 15.9. The number of para-hydroxylation sites is 1. The Balaban J connectivity index is 0.914. The molecule has 0 amide bonds. The van der Waals surface area contributed by atoms with Gasteiger partial charge in [0.2, 0.25) is 0 Å². The predicted octanol–water partition coefficient (Wildman–Crippen LogP) is 15.5. The summed E-state index contributed by atoms with van der Waals surface area (Å²) in [6.45, 7) is 0. The van der Waals surface area contributed by atoms with Gasteiger partial charge in [-0.2, -0.15) is 0 Å². The first kappa shape index (κ1) is 34.5. The Morgan fingerprint density at radius 3 is 1.32 bits per heavy atom. The molecule has 13 rings (SSSR count). The molecule has 288 valence electrons. The lowest BCUT2D eigenvalue weighted by molar-refractivity contribution is 0.668. The molecule has 5 heteroatoms. The second-order valence-corrected chi connectivity index (χ2v) is 15.9. The van der Waals surface area contributed by atoms with Crippen LogP contribution < -0.4 is 0 Å². The molecule has 0 unspecified atom stereocenters. The van der Waals surface area contributed by atoms with Crippen LogP contribution in [0.25, 0.3) is 133 Å². The summed E-state index contributed by atoms with van der Waals surface area (Å²) >= 11 is 0. The van der Waals surface area contributed by atoms with Crippen LogP contribution in [-0.2, 0) is 0 Å². The van der Waals surface area contributed by atoms with E-state index in [1.807, 2.05) is 66.7 Å². The molecule has 0 saturated heterocycles. The topological polar surface area (TPSA) is 65.0 Å². The molecule has 0 aliphatic carbocycles. The Morgan fingerprint density at radius 2 is 0.694 bits per heavy atom. The van der Waals surface area contributed by atoms with Gasteiger partial charge in [0.25, 0.3) is 0 Å². The van der Waals surface area contributed by atoms with E-state index in [-0.39, 0.29) is 0 Å². The Labute approximate surface area is 355 Å². The van der Waals surface area contributed by atoms with Crippen molar-refractivity contribution in [2.45, 2.75) is 0 Å². The van der Waals surface area contributed by atoms with Crippen molar-refractivity contribution >= 4 is 76.2 Å². The third-order valence-corrected chi connectivity index (χ3v) is 12.3. The van der Waals surface area contributed by atoms with E-state index in [9.17, 15) is 0 Å². The first-order chi connectivity index (χ1) is 30.7. The fourth-order valence-corrected chi connectivity index (χ4v) is 9.31. The van der Waals surface area contributed by atoms with Crippen LogP contribution in [0.2, 0.25) is 0 Å². The number of rotatable bonds is 5. The highest BCUT2D eigenvalue weighted by molar-refractivity contribution is 6.26. The molecule has 0 spiro atoms. The van der Waals surface area contributed by atoms with Crippen LogP contribution in [0.5, 0.6) is 0 Å². The lowest BCUT2D eigenvalue weighted by Crippen LogP contribution is -2.00. The second kappa shape index (κ2) is 13.6. The molecule has 0 fully saturated rings. The van der Waals surface area contributed by atoms with E-state index in [1.165, 1.54) is 37.9 Å². The zero-order valence-corrected chi connectivity index (χ0v) is 33.2. The smallest absolute Gasteiger partial charge is 0.164 e. The summed E-state index contributed by atoms with van der Waals surface area (Å²) in [5, 5.41) is 11.8. The van der Waals surface area contributed by atoms with Crippen molar-refractivity contribution in [2.24, 2.45) is 0 Å². The van der Waals surface area contributed by atoms with Gasteiger partial charge in [-0.25, -0.2) is 15.0 Å². The van der Waals surface area contributed by atoms with E-state index < -0.39 is 0 Å². The van der Waals surface area contributed by atoms with Crippen LogP contribution in [-0.4, -0.2) is 15.0 Å². The summed E-state index contributed by atoms with van der Waals surface area (Å²) in [6, 6.07) is 69.9. The molecule has 0 saturated carbocycles. The van der Waals surface area contributed by atoms with Gasteiger partial charge < -0.3 is 8.83 Å². The molecule has 3 heterocycles. The summed E-state index contributed by atoms with van der Waals surface area (Å²) < 4.78 is 13.2. The monoisotopic (exact) mass is 791 g/mol. The Hall–Kier alpha value is -8.41.